The minimum Gasteiger partial charge on any atom is -0.365 e. The molecule has 2 aromatic rings. The summed E-state index contributed by atoms with van der Waals surface area (Å²) in [5, 5.41) is 0. The number of nitrogens with one attached hydrogen (secondary N) is 1. The minimum atomic E-state index is -4.76. The van der Waals surface area contributed by atoms with Crippen LogP contribution in [0.3, 0.4) is 0 Å². The number of H-pyrrole nitrogens is 1. The Labute approximate surface area is 147 Å². The average molecular weight is 365 g/mol. The highest BCUT2D eigenvalue weighted by Gasteiger charge is 2.36. The van der Waals surface area contributed by atoms with Gasteiger partial charge in [-0.25, -0.2) is 0 Å². The number of nitrogens with zero attached hydrogens (tertiary/aromatic N) is 1. The summed E-state index contributed by atoms with van der Waals surface area (Å²) in [5.41, 5.74) is 3.20. The second-order valence-corrected chi connectivity index (χ2v) is 6.34. The van der Waals surface area contributed by atoms with Crippen LogP contribution in [0.5, 0.6) is 0 Å². The van der Waals surface area contributed by atoms with Gasteiger partial charge in [-0.2, -0.15) is 13.2 Å². The zero-order chi connectivity index (χ0) is 18.9. The van der Waals surface area contributed by atoms with Crippen LogP contribution in [0.25, 0.3) is 11.1 Å². The second kappa shape index (κ2) is 6.95. The van der Waals surface area contributed by atoms with Crippen LogP contribution < -0.4 is 11.3 Å². The summed E-state index contributed by atoms with van der Waals surface area (Å²) < 4.78 is 39.9. The lowest BCUT2D eigenvalue weighted by Gasteiger charge is -2.16. The van der Waals surface area contributed by atoms with Gasteiger partial charge in [0.2, 0.25) is 0 Å². The number of hydrogen-bond donors (Lipinski definition) is 2. The molecule has 0 aliphatic carbocycles. The van der Waals surface area contributed by atoms with Gasteiger partial charge in [0.15, 0.2) is 0 Å². The number of rotatable bonds is 4. The van der Waals surface area contributed by atoms with Gasteiger partial charge in [-0.15, -0.1) is 0 Å². The molecular weight excluding hydrogens is 347 g/mol. The Morgan fingerprint density at radius 1 is 1.15 bits per heavy atom. The summed E-state index contributed by atoms with van der Waals surface area (Å²) in [7, 11) is 0. The van der Waals surface area contributed by atoms with E-state index in [1.807, 2.05) is 0 Å². The molecule has 1 amide bonds. The number of amides is 1. The molecule has 8 heteroatoms. The molecule has 0 spiro atoms. The number of carbonyl (C=O) groups excluding carboxylic acids is 1. The van der Waals surface area contributed by atoms with E-state index in [4.69, 9.17) is 5.73 Å². The van der Waals surface area contributed by atoms with Gasteiger partial charge in [0.1, 0.15) is 11.3 Å². The van der Waals surface area contributed by atoms with Crippen LogP contribution in [0.4, 0.5) is 13.2 Å². The molecule has 138 valence electrons. The van der Waals surface area contributed by atoms with Crippen molar-refractivity contribution >= 4 is 5.91 Å². The van der Waals surface area contributed by atoms with Gasteiger partial charge in [0.25, 0.3) is 11.5 Å². The standard InChI is InChI=1S/C18H18F3N3O2/c19-18(20,21)15-13(9-14(16(22)25)17(26)23-15)12-5-3-11(4-6-12)10-24-7-1-2-8-24/h3-6,9H,1-2,7-8,10H2,(H2,22,25)(H,23,26). The molecule has 0 atom stereocenters. The van der Waals surface area contributed by atoms with Gasteiger partial charge < -0.3 is 10.7 Å². The van der Waals surface area contributed by atoms with E-state index in [0.29, 0.717) is 0 Å². The first kappa shape index (κ1) is 18.2. The van der Waals surface area contributed by atoms with Crippen molar-refractivity contribution in [2.75, 3.05) is 13.1 Å². The molecule has 1 saturated heterocycles. The lowest BCUT2D eigenvalue weighted by Crippen LogP contribution is -2.27. The normalized spacial score (nSPS) is 15.3. The maximum Gasteiger partial charge on any atom is 0.431 e. The fraction of sp³-hybridized carbons (Fsp3) is 0.333. The highest BCUT2D eigenvalue weighted by molar-refractivity contribution is 5.93. The number of benzene rings is 1. The lowest BCUT2D eigenvalue weighted by atomic mass is 10.00. The number of hydrogen-bond acceptors (Lipinski definition) is 3. The minimum absolute atomic E-state index is 0.251. The van der Waals surface area contributed by atoms with Crippen LogP contribution >= 0.6 is 0 Å². The first-order valence-corrected chi connectivity index (χ1v) is 8.21. The molecule has 1 aliphatic heterocycles. The summed E-state index contributed by atoms with van der Waals surface area (Å²) in [6, 6.07) is 7.52. The topological polar surface area (TPSA) is 79.2 Å². The first-order chi connectivity index (χ1) is 12.3. The highest BCUT2D eigenvalue weighted by atomic mass is 19.4. The van der Waals surface area contributed by atoms with E-state index in [0.717, 1.165) is 44.1 Å². The maximum atomic E-state index is 13.3. The number of nitrogens with two attached hydrogens (primary N) is 1. The molecule has 26 heavy (non-hydrogen) atoms. The lowest BCUT2D eigenvalue weighted by molar-refractivity contribution is -0.140. The third-order valence-corrected chi connectivity index (χ3v) is 4.46. The largest absolute Gasteiger partial charge is 0.431 e. The molecule has 0 unspecified atom stereocenters. The Balaban J connectivity index is 2.00. The van der Waals surface area contributed by atoms with E-state index < -0.39 is 28.9 Å². The number of pyridine rings is 1. The van der Waals surface area contributed by atoms with Crippen molar-refractivity contribution < 1.29 is 18.0 Å². The van der Waals surface area contributed by atoms with Crippen LogP contribution in [0.2, 0.25) is 0 Å². The number of aromatic nitrogens is 1. The Hall–Kier alpha value is -2.61. The number of likely N-dealkylation sites (tertiary alicyclic amines) is 1. The third kappa shape index (κ3) is 3.80. The van der Waals surface area contributed by atoms with Crippen LogP contribution in [0.1, 0.15) is 34.5 Å². The number of halogens is 3. The molecule has 0 bridgehead atoms. The zero-order valence-electron chi connectivity index (χ0n) is 13.9. The first-order valence-electron chi connectivity index (χ1n) is 8.21. The van der Waals surface area contributed by atoms with Gasteiger partial charge in [0, 0.05) is 12.1 Å². The Kier molecular flexibility index (Phi) is 4.86. The summed E-state index contributed by atoms with van der Waals surface area (Å²) in [6.07, 6.45) is -2.46. The molecule has 1 aromatic carbocycles. The Bertz CT molecular complexity index is 867. The molecule has 1 fully saturated rings. The fourth-order valence-corrected chi connectivity index (χ4v) is 3.15. The number of alkyl halides is 3. The summed E-state index contributed by atoms with van der Waals surface area (Å²) in [6.45, 7) is 2.77. The monoisotopic (exact) mass is 365 g/mol. The zero-order valence-corrected chi connectivity index (χ0v) is 13.9. The van der Waals surface area contributed by atoms with E-state index in [2.05, 4.69) is 4.90 Å². The summed E-state index contributed by atoms with van der Waals surface area (Å²) in [4.78, 5) is 27.1. The van der Waals surface area contributed by atoms with Gasteiger partial charge in [-0.3, -0.25) is 14.5 Å². The quantitative estimate of drug-likeness (QED) is 0.874. The second-order valence-electron chi connectivity index (χ2n) is 6.34. The fourth-order valence-electron chi connectivity index (χ4n) is 3.15. The van der Waals surface area contributed by atoms with Crippen LogP contribution in [0, 0.1) is 0 Å². The smallest absolute Gasteiger partial charge is 0.365 e. The maximum absolute atomic E-state index is 13.3. The Morgan fingerprint density at radius 3 is 2.31 bits per heavy atom. The van der Waals surface area contributed by atoms with E-state index in [1.165, 1.54) is 0 Å². The van der Waals surface area contributed by atoms with E-state index in [9.17, 15) is 22.8 Å². The summed E-state index contributed by atoms with van der Waals surface area (Å²) >= 11 is 0. The van der Waals surface area contributed by atoms with Gasteiger partial charge in [-0.05, 0) is 43.1 Å². The number of carbonyl (C=O) groups is 1. The molecule has 3 N–H and O–H groups in total. The van der Waals surface area contributed by atoms with Gasteiger partial charge in [0.05, 0.1) is 0 Å². The van der Waals surface area contributed by atoms with Crippen molar-refractivity contribution in [3.8, 4) is 11.1 Å². The molecule has 2 heterocycles. The molecule has 5 nitrogen and oxygen atoms in total. The highest BCUT2D eigenvalue weighted by Crippen LogP contribution is 2.35. The van der Waals surface area contributed by atoms with E-state index in [-0.39, 0.29) is 11.1 Å². The van der Waals surface area contributed by atoms with Crippen LogP contribution in [0.15, 0.2) is 35.1 Å². The van der Waals surface area contributed by atoms with Gasteiger partial charge >= 0.3 is 6.18 Å². The molecule has 0 saturated carbocycles. The molecule has 1 aliphatic rings. The van der Waals surface area contributed by atoms with E-state index >= 15 is 0 Å². The van der Waals surface area contributed by atoms with Crippen molar-refractivity contribution in [1.82, 2.24) is 9.88 Å². The summed E-state index contributed by atoms with van der Waals surface area (Å²) in [5.74, 6) is -1.08. The van der Waals surface area contributed by atoms with Crippen molar-refractivity contribution in [2.24, 2.45) is 5.73 Å². The van der Waals surface area contributed by atoms with Crippen LogP contribution in [-0.4, -0.2) is 28.9 Å². The van der Waals surface area contributed by atoms with Crippen molar-refractivity contribution in [3.63, 3.8) is 0 Å². The predicted octanol–water partition coefficient (Wildman–Crippen LogP) is 2.76. The number of aromatic amines is 1. The molecule has 3 rings (SSSR count). The molecular formula is C18H18F3N3O2. The van der Waals surface area contributed by atoms with Crippen LogP contribution in [-0.2, 0) is 12.7 Å². The third-order valence-electron chi connectivity index (χ3n) is 4.46. The average Bonchev–Trinajstić information content (AvgIpc) is 3.07. The Morgan fingerprint density at radius 2 is 1.77 bits per heavy atom. The SMILES string of the molecule is NC(=O)c1cc(-c2ccc(CN3CCCC3)cc2)c(C(F)(F)F)[nH]c1=O. The number of primary amides is 1. The van der Waals surface area contributed by atoms with Crippen molar-refractivity contribution in [3.05, 3.63) is 57.5 Å². The van der Waals surface area contributed by atoms with Crippen molar-refractivity contribution in [1.29, 1.82) is 0 Å². The van der Waals surface area contributed by atoms with Crippen molar-refractivity contribution in [2.45, 2.75) is 25.6 Å². The molecule has 1 aromatic heterocycles. The van der Waals surface area contributed by atoms with Gasteiger partial charge in [-0.1, -0.05) is 24.3 Å². The molecule has 0 radical (unpaired) electrons. The van der Waals surface area contributed by atoms with E-state index in [1.54, 1.807) is 29.2 Å². The predicted molar refractivity (Wildman–Crippen MR) is 90.5 cm³/mol.